The van der Waals surface area contributed by atoms with Gasteiger partial charge in [0.05, 0.1) is 5.69 Å². The molecule has 0 saturated heterocycles. The molecule has 0 aliphatic rings. The second kappa shape index (κ2) is 10.3. The fourth-order valence-corrected chi connectivity index (χ4v) is 9.53. The SMILES string of the molecule is c1ccc(-c2nc3cc4c(cc3o2)sc2cccc(N(c3ccc5c(c3)sc3ccccc35)c3ccc5oc6ccccc6c5c3)c24)cc1. The highest BCUT2D eigenvalue weighted by Crippen LogP contribution is 2.48. The maximum atomic E-state index is 6.29. The Morgan fingerprint density at radius 3 is 2.10 bits per heavy atom. The molecule has 0 spiro atoms. The summed E-state index contributed by atoms with van der Waals surface area (Å²) < 4.78 is 17.5. The fraction of sp³-hybridized carbons (Fsp3) is 0. The Morgan fingerprint density at radius 2 is 1.16 bits per heavy atom. The van der Waals surface area contributed by atoms with Gasteiger partial charge in [0.2, 0.25) is 5.89 Å². The molecule has 0 atom stereocenters. The Balaban J connectivity index is 1.18. The average Bonchev–Trinajstić information content (AvgIpc) is 3.92. The van der Waals surface area contributed by atoms with Gasteiger partial charge in [0.1, 0.15) is 16.7 Å². The summed E-state index contributed by atoms with van der Waals surface area (Å²) >= 11 is 3.63. The number of furan rings is 1. The second-order valence-electron chi connectivity index (χ2n) is 12.3. The first-order valence-electron chi connectivity index (χ1n) is 16.2. The van der Waals surface area contributed by atoms with Crippen LogP contribution < -0.4 is 4.90 Å². The molecule has 11 rings (SSSR count). The van der Waals surface area contributed by atoms with Crippen LogP contribution in [-0.2, 0) is 0 Å². The van der Waals surface area contributed by atoms with Crippen molar-refractivity contribution in [2.45, 2.75) is 0 Å². The van der Waals surface area contributed by atoms with E-state index >= 15 is 0 Å². The van der Waals surface area contributed by atoms with Crippen LogP contribution >= 0.6 is 22.7 Å². The van der Waals surface area contributed by atoms with E-state index in [-0.39, 0.29) is 0 Å². The molecule has 0 fully saturated rings. The molecule has 0 aliphatic carbocycles. The van der Waals surface area contributed by atoms with E-state index in [9.17, 15) is 0 Å². The molecule has 4 heterocycles. The molecule has 11 aromatic rings. The van der Waals surface area contributed by atoms with Crippen molar-refractivity contribution in [3.05, 3.63) is 146 Å². The predicted molar refractivity (Wildman–Crippen MR) is 207 cm³/mol. The van der Waals surface area contributed by atoms with Gasteiger partial charge in [0, 0.05) is 74.1 Å². The van der Waals surface area contributed by atoms with Crippen molar-refractivity contribution in [2.24, 2.45) is 0 Å². The molecule has 0 aliphatic heterocycles. The third kappa shape index (κ3) is 4.11. The first-order valence-corrected chi connectivity index (χ1v) is 17.8. The lowest BCUT2D eigenvalue weighted by atomic mass is 10.1. The zero-order chi connectivity index (χ0) is 32.1. The molecule has 7 aromatic carbocycles. The summed E-state index contributed by atoms with van der Waals surface area (Å²) in [7, 11) is 0. The normalized spacial score (nSPS) is 12.1. The number of oxazole rings is 1. The van der Waals surface area contributed by atoms with E-state index in [1.807, 2.05) is 53.8 Å². The summed E-state index contributed by atoms with van der Waals surface area (Å²) in [5, 5.41) is 7.15. The Morgan fingerprint density at radius 1 is 0.449 bits per heavy atom. The van der Waals surface area contributed by atoms with Crippen molar-refractivity contribution < 1.29 is 8.83 Å². The van der Waals surface area contributed by atoms with Gasteiger partial charge in [0.25, 0.3) is 0 Å². The smallest absolute Gasteiger partial charge is 0.227 e. The van der Waals surface area contributed by atoms with E-state index in [4.69, 9.17) is 13.8 Å². The third-order valence-electron chi connectivity index (χ3n) is 9.48. The van der Waals surface area contributed by atoms with Gasteiger partial charge in [-0.2, -0.15) is 0 Å². The molecular formula is C43H24N2O2S2. The van der Waals surface area contributed by atoms with Crippen LogP contribution in [0.15, 0.2) is 154 Å². The zero-order valence-corrected chi connectivity index (χ0v) is 27.5. The Hall–Kier alpha value is -5.95. The van der Waals surface area contributed by atoms with Crippen LogP contribution in [0.1, 0.15) is 0 Å². The summed E-state index contributed by atoms with van der Waals surface area (Å²) in [5.74, 6) is 0.636. The Kier molecular flexibility index (Phi) is 5.67. The summed E-state index contributed by atoms with van der Waals surface area (Å²) in [6.45, 7) is 0. The first kappa shape index (κ1) is 27.0. The molecule has 0 radical (unpaired) electrons. The maximum Gasteiger partial charge on any atom is 0.227 e. The van der Waals surface area contributed by atoms with Crippen molar-refractivity contribution in [3.63, 3.8) is 0 Å². The molecular weight excluding hydrogens is 641 g/mol. The van der Waals surface area contributed by atoms with Gasteiger partial charge in [-0.1, -0.05) is 66.7 Å². The lowest BCUT2D eigenvalue weighted by Gasteiger charge is -2.26. The van der Waals surface area contributed by atoms with E-state index in [1.54, 1.807) is 11.3 Å². The van der Waals surface area contributed by atoms with Crippen LogP contribution in [0.3, 0.4) is 0 Å². The van der Waals surface area contributed by atoms with E-state index < -0.39 is 0 Å². The van der Waals surface area contributed by atoms with Crippen LogP contribution in [0, 0.1) is 0 Å². The van der Waals surface area contributed by atoms with Gasteiger partial charge in [-0.15, -0.1) is 22.7 Å². The molecule has 4 aromatic heterocycles. The fourth-order valence-electron chi connectivity index (χ4n) is 7.25. The number of benzene rings is 7. The lowest BCUT2D eigenvalue weighted by molar-refractivity contribution is 0.620. The molecule has 0 bridgehead atoms. The number of fused-ring (bicyclic) bond motifs is 10. The van der Waals surface area contributed by atoms with Crippen LogP contribution in [0.4, 0.5) is 17.1 Å². The topological polar surface area (TPSA) is 42.4 Å². The van der Waals surface area contributed by atoms with E-state index in [1.165, 1.54) is 40.3 Å². The summed E-state index contributed by atoms with van der Waals surface area (Å²) in [4.78, 5) is 7.34. The Labute approximate surface area is 287 Å². The van der Waals surface area contributed by atoms with E-state index in [0.717, 1.165) is 55.7 Å². The average molecular weight is 665 g/mol. The second-order valence-corrected chi connectivity index (χ2v) is 14.5. The zero-order valence-electron chi connectivity index (χ0n) is 25.9. The highest BCUT2D eigenvalue weighted by Gasteiger charge is 2.22. The monoisotopic (exact) mass is 664 g/mol. The van der Waals surface area contributed by atoms with Gasteiger partial charge >= 0.3 is 0 Å². The lowest BCUT2D eigenvalue weighted by Crippen LogP contribution is -2.10. The number of aromatic nitrogens is 1. The van der Waals surface area contributed by atoms with Gasteiger partial charge < -0.3 is 13.7 Å². The minimum absolute atomic E-state index is 0.636. The number of hydrogen-bond acceptors (Lipinski definition) is 6. The molecule has 6 heteroatoms. The number of para-hydroxylation sites is 1. The van der Waals surface area contributed by atoms with Crippen molar-refractivity contribution in [3.8, 4) is 11.5 Å². The summed E-state index contributed by atoms with van der Waals surface area (Å²) in [6.07, 6.45) is 0. The quantitative estimate of drug-likeness (QED) is 0.188. The van der Waals surface area contributed by atoms with Crippen LogP contribution in [0.5, 0.6) is 0 Å². The highest BCUT2D eigenvalue weighted by molar-refractivity contribution is 7.26. The number of hydrogen-bond donors (Lipinski definition) is 0. The van der Waals surface area contributed by atoms with E-state index in [2.05, 4.69) is 108 Å². The largest absolute Gasteiger partial charge is 0.456 e. The molecule has 0 saturated carbocycles. The highest BCUT2D eigenvalue weighted by atomic mass is 32.1. The number of nitrogens with zero attached hydrogens (tertiary/aromatic N) is 2. The van der Waals surface area contributed by atoms with Crippen molar-refractivity contribution in [1.29, 1.82) is 0 Å². The maximum absolute atomic E-state index is 6.29. The molecule has 0 N–H and O–H groups in total. The minimum Gasteiger partial charge on any atom is -0.456 e. The minimum atomic E-state index is 0.636. The molecule has 230 valence electrons. The van der Waals surface area contributed by atoms with Crippen LogP contribution in [0.2, 0.25) is 0 Å². The van der Waals surface area contributed by atoms with E-state index in [0.29, 0.717) is 5.89 Å². The third-order valence-corrected chi connectivity index (χ3v) is 11.7. The molecule has 49 heavy (non-hydrogen) atoms. The predicted octanol–water partition coefficient (Wildman–Crippen LogP) is 13.6. The first-order chi connectivity index (χ1) is 24.2. The van der Waals surface area contributed by atoms with Crippen LogP contribution in [-0.4, -0.2) is 4.98 Å². The number of rotatable bonds is 4. The number of thiophene rings is 2. The standard InChI is InChI=1S/C43H24N2O2S2/c1-2-9-25(10-3-1)43-44-33-23-32-41(24-37(33)47-43)49-39-16-8-13-34(42(32)39)45(26-18-20-36-31(21-26)28-11-4-6-14-35(28)46-36)27-17-19-30-29-12-5-7-15-38(29)48-40(30)22-27/h1-24H. The van der Waals surface area contributed by atoms with Crippen molar-refractivity contribution >= 4 is 113 Å². The van der Waals surface area contributed by atoms with Gasteiger partial charge in [-0.05, 0) is 72.8 Å². The van der Waals surface area contributed by atoms with Gasteiger partial charge in [0.15, 0.2) is 5.58 Å². The Bertz CT molecular complexity index is 3080. The van der Waals surface area contributed by atoms with Gasteiger partial charge in [-0.25, -0.2) is 4.98 Å². The van der Waals surface area contributed by atoms with Crippen molar-refractivity contribution in [2.75, 3.05) is 4.90 Å². The van der Waals surface area contributed by atoms with Crippen molar-refractivity contribution in [1.82, 2.24) is 4.98 Å². The number of anilines is 3. The summed E-state index contributed by atoms with van der Waals surface area (Å²) in [5.41, 5.74) is 7.68. The summed E-state index contributed by atoms with van der Waals surface area (Å²) in [6, 6.07) is 51.4. The molecule has 0 unspecified atom stereocenters. The van der Waals surface area contributed by atoms with Gasteiger partial charge in [-0.3, -0.25) is 0 Å². The molecule has 4 nitrogen and oxygen atoms in total. The van der Waals surface area contributed by atoms with Crippen LogP contribution in [0.25, 0.3) is 84.8 Å². The molecule has 0 amide bonds.